The third kappa shape index (κ3) is 3.51. The number of aromatic carboxylic acids is 1. The number of ether oxygens (including phenoxy) is 1. The average molecular weight is 294 g/mol. The molecule has 1 aromatic carbocycles. The van der Waals surface area contributed by atoms with Crippen molar-refractivity contribution < 1.29 is 19.4 Å². The quantitative estimate of drug-likeness (QED) is 0.649. The minimum absolute atomic E-state index is 0.142. The molecule has 106 valence electrons. The summed E-state index contributed by atoms with van der Waals surface area (Å²) in [6.45, 7) is 3.58. The van der Waals surface area contributed by atoms with Gasteiger partial charge in [0.05, 0.1) is 28.5 Å². The third-order valence-electron chi connectivity index (χ3n) is 2.40. The molecule has 0 amide bonds. The molecule has 2 rings (SSSR count). The Balaban J connectivity index is 2.08. The Kier molecular flexibility index (Phi) is 4.29. The fraction of sp³-hybridized carbons (Fsp3) is 0.308. The van der Waals surface area contributed by atoms with Crippen LogP contribution in [0.5, 0.6) is 0 Å². The first-order chi connectivity index (χ1) is 9.45. The van der Waals surface area contributed by atoms with Crippen LogP contribution in [0.15, 0.2) is 23.4 Å². The van der Waals surface area contributed by atoms with Crippen LogP contribution in [0, 0.1) is 0 Å². The van der Waals surface area contributed by atoms with Gasteiger partial charge in [-0.1, -0.05) is 11.8 Å². The molecule has 1 heterocycles. The summed E-state index contributed by atoms with van der Waals surface area (Å²) in [6, 6.07) is 4.64. The maximum Gasteiger partial charge on any atom is 0.335 e. The van der Waals surface area contributed by atoms with E-state index in [0.29, 0.717) is 16.2 Å². The van der Waals surface area contributed by atoms with Crippen molar-refractivity contribution in [2.45, 2.75) is 25.1 Å². The number of H-pyrrole nitrogens is 1. The number of carboxylic acid groups (broad SMARTS) is 1. The van der Waals surface area contributed by atoms with Crippen LogP contribution >= 0.6 is 11.8 Å². The van der Waals surface area contributed by atoms with Crippen LogP contribution < -0.4 is 0 Å². The first-order valence-corrected chi connectivity index (χ1v) is 6.99. The number of imidazole rings is 1. The van der Waals surface area contributed by atoms with Crippen molar-refractivity contribution in [2.24, 2.45) is 0 Å². The molecule has 0 spiro atoms. The lowest BCUT2D eigenvalue weighted by Crippen LogP contribution is -2.13. The number of thioether (sulfide) groups is 1. The monoisotopic (exact) mass is 294 g/mol. The zero-order valence-electron chi connectivity index (χ0n) is 11.0. The van der Waals surface area contributed by atoms with Crippen molar-refractivity contribution in [3.8, 4) is 0 Å². The molecule has 0 atom stereocenters. The number of carboxylic acids is 1. The lowest BCUT2D eigenvalue weighted by atomic mass is 10.2. The summed E-state index contributed by atoms with van der Waals surface area (Å²) in [7, 11) is 0. The van der Waals surface area contributed by atoms with Crippen LogP contribution in [0.3, 0.4) is 0 Å². The Bertz CT molecular complexity index is 651. The fourth-order valence-electron chi connectivity index (χ4n) is 1.61. The van der Waals surface area contributed by atoms with Crippen LogP contribution in [0.1, 0.15) is 24.2 Å². The number of carbonyl (C=O) groups is 2. The Hall–Kier alpha value is -2.02. The number of nitrogens with one attached hydrogen (secondary N) is 1. The minimum Gasteiger partial charge on any atom is -0.478 e. The van der Waals surface area contributed by atoms with Gasteiger partial charge in [0.25, 0.3) is 0 Å². The molecule has 6 nitrogen and oxygen atoms in total. The number of rotatable bonds is 5. The second-order valence-corrected chi connectivity index (χ2v) is 5.37. The molecule has 2 aromatic rings. The van der Waals surface area contributed by atoms with E-state index in [1.165, 1.54) is 23.9 Å². The number of aromatic nitrogens is 2. The van der Waals surface area contributed by atoms with Crippen molar-refractivity contribution in [1.29, 1.82) is 0 Å². The molecule has 0 bridgehead atoms. The molecule has 1 aromatic heterocycles. The smallest absolute Gasteiger partial charge is 0.335 e. The zero-order chi connectivity index (χ0) is 14.7. The van der Waals surface area contributed by atoms with Gasteiger partial charge in [-0.15, -0.1) is 0 Å². The number of carbonyl (C=O) groups excluding carboxylic acids is 1. The van der Waals surface area contributed by atoms with E-state index in [2.05, 4.69) is 9.97 Å². The lowest BCUT2D eigenvalue weighted by molar-refractivity contribution is -0.144. The van der Waals surface area contributed by atoms with E-state index in [1.807, 2.05) is 0 Å². The summed E-state index contributed by atoms with van der Waals surface area (Å²) in [4.78, 5) is 29.5. The van der Waals surface area contributed by atoms with Crippen LogP contribution in [0.2, 0.25) is 0 Å². The number of nitrogens with zero attached hydrogens (tertiary/aromatic N) is 1. The van der Waals surface area contributed by atoms with Crippen molar-refractivity contribution in [3.63, 3.8) is 0 Å². The standard InChI is InChI=1S/C13H14N2O4S/c1-7(2)19-11(16)6-20-13-14-9-4-3-8(12(17)18)5-10(9)15-13/h3-5,7H,6H2,1-2H3,(H,14,15)(H,17,18). The summed E-state index contributed by atoms with van der Waals surface area (Å²) in [5.41, 5.74) is 1.48. The van der Waals surface area contributed by atoms with Gasteiger partial charge in [0.15, 0.2) is 5.16 Å². The van der Waals surface area contributed by atoms with Gasteiger partial charge in [-0.2, -0.15) is 0 Å². The van der Waals surface area contributed by atoms with Crippen molar-refractivity contribution in [3.05, 3.63) is 23.8 Å². The second kappa shape index (κ2) is 5.96. The Labute approximate surface area is 119 Å². The Morgan fingerprint density at radius 1 is 1.45 bits per heavy atom. The molecule has 0 saturated heterocycles. The molecule has 0 aliphatic heterocycles. The van der Waals surface area contributed by atoms with E-state index in [4.69, 9.17) is 9.84 Å². The van der Waals surface area contributed by atoms with Crippen LogP contribution in [-0.4, -0.2) is 38.9 Å². The first-order valence-electron chi connectivity index (χ1n) is 6.01. The molecule has 0 aliphatic rings. The predicted molar refractivity (Wildman–Crippen MR) is 75.0 cm³/mol. The van der Waals surface area contributed by atoms with Gasteiger partial charge in [0, 0.05) is 0 Å². The van der Waals surface area contributed by atoms with E-state index in [-0.39, 0.29) is 23.4 Å². The van der Waals surface area contributed by atoms with E-state index in [0.717, 1.165) is 0 Å². The van der Waals surface area contributed by atoms with Gasteiger partial charge in [-0.25, -0.2) is 9.78 Å². The maximum atomic E-state index is 11.4. The average Bonchev–Trinajstić information content (AvgIpc) is 2.77. The first kappa shape index (κ1) is 14.4. The number of aromatic amines is 1. The molecule has 20 heavy (non-hydrogen) atoms. The molecule has 7 heteroatoms. The van der Waals surface area contributed by atoms with Crippen molar-refractivity contribution in [2.75, 3.05) is 5.75 Å². The summed E-state index contributed by atoms with van der Waals surface area (Å²) < 4.78 is 5.02. The van der Waals surface area contributed by atoms with E-state index >= 15 is 0 Å². The molecule has 0 fully saturated rings. The van der Waals surface area contributed by atoms with Crippen LogP contribution in [0.25, 0.3) is 11.0 Å². The summed E-state index contributed by atoms with van der Waals surface area (Å²) in [6.07, 6.45) is -0.142. The largest absolute Gasteiger partial charge is 0.478 e. The highest BCUT2D eigenvalue weighted by molar-refractivity contribution is 7.99. The number of benzene rings is 1. The predicted octanol–water partition coefficient (Wildman–Crippen LogP) is 2.30. The molecule has 0 radical (unpaired) electrons. The molecule has 0 aliphatic carbocycles. The third-order valence-corrected chi connectivity index (χ3v) is 3.25. The second-order valence-electron chi connectivity index (χ2n) is 4.41. The van der Waals surface area contributed by atoms with Gasteiger partial charge in [-0.05, 0) is 32.0 Å². The van der Waals surface area contributed by atoms with Crippen LogP contribution in [0.4, 0.5) is 0 Å². The maximum absolute atomic E-state index is 11.4. The highest BCUT2D eigenvalue weighted by atomic mass is 32.2. The van der Waals surface area contributed by atoms with Crippen LogP contribution in [-0.2, 0) is 9.53 Å². The van der Waals surface area contributed by atoms with Gasteiger partial charge < -0.3 is 14.8 Å². The Morgan fingerprint density at radius 2 is 2.20 bits per heavy atom. The number of esters is 1. The topological polar surface area (TPSA) is 92.3 Å². The minimum atomic E-state index is -0.990. The van der Waals surface area contributed by atoms with Crippen molar-refractivity contribution in [1.82, 2.24) is 9.97 Å². The normalized spacial score (nSPS) is 10.9. The molecular weight excluding hydrogens is 280 g/mol. The van der Waals surface area contributed by atoms with Gasteiger partial charge in [0.2, 0.25) is 0 Å². The number of hydrogen-bond acceptors (Lipinski definition) is 5. The summed E-state index contributed by atoms with van der Waals surface area (Å²) in [5, 5.41) is 9.47. The van der Waals surface area contributed by atoms with E-state index in [9.17, 15) is 9.59 Å². The van der Waals surface area contributed by atoms with Gasteiger partial charge in [-0.3, -0.25) is 4.79 Å². The molecule has 0 unspecified atom stereocenters. The SMILES string of the molecule is CC(C)OC(=O)CSc1nc2ccc(C(=O)O)cc2[nH]1. The lowest BCUT2D eigenvalue weighted by Gasteiger charge is -2.06. The highest BCUT2D eigenvalue weighted by Gasteiger charge is 2.11. The summed E-state index contributed by atoms with van der Waals surface area (Å²) in [5.74, 6) is -1.14. The van der Waals surface area contributed by atoms with E-state index < -0.39 is 5.97 Å². The van der Waals surface area contributed by atoms with Gasteiger partial charge in [0.1, 0.15) is 0 Å². The molecular formula is C13H14N2O4S. The highest BCUT2D eigenvalue weighted by Crippen LogP contribution is 2.20. The van der Waals surface area contributed by atoms with Gasteiger partial charge >= 0.3 is 11.9 Å². The van der Waals surface area contributed by atoms with Crippen molar-refractivity contribution >= 4 is 34.7 Å². The molecule has 0 saturated carbocycles. The fourth-order valence-corrected chi connectivity index (χ4v) is 2.28. The van der Waals surface area contributed by atoms with E-state index in [1.54, 1.807) is 19.9 Å². The summed E-state index contributed by atoms with van der Waals surface area (Å²) >= 11 is 1.22. The Morgan fingerprint density at radius 3 is 2.85 bits per heavy atom. The number of hydrogen-bond donors (Lipinski definition) is 2. The number of fused-ring (bicyclic) bond motifs is 1. The zero-order valence-corrected chi connectivity index (χ0v) is 11.9. The molecule has 2 N–H and O–H groups in total.